The minimum absolute atomic E-state index is 0.0168. The second kappa shape index (κ2) is 11.4. The highest BCUT2D eigenvalue weighted by molar-refractivity contribution is 8.07. The number of nitrogens with zero attached hydrogens (tertiary/aromatic N) is 6. The van der Waals surface area contributed by atoms with Crippen LogP contribution in [0.2, 0.25) is 0 Å². The van der Waals surface area contributed by atoms with Crippen molar-refractivity contribution in [3.05, 3.63) is 12.7 Å². The summed E-state index contributed by atoms with van der Waals surface area (Å²) in [6.07, 6.45) is -12.2. The minimum atomic E-state index is -5.13. The molecule has 7 heterocycles. The molecule has 25 heteroatoms. The molecule has 0 radical (unpaired) electrons. The monoisotopic (exact) mass is 698 g/mol. The van der Waals surface area contributed by atoms with Gasteiger partial charge in [-0.1, -0.05) is 0 Å². The summed E-state index contributed by atoms with van der Waals surface area (Å²) in [5.74, 6) is -0.494. The molecule has 0 aliphatic carbocycles. The number of halogens is 2. The molecular formula is C20H26F2N10O10P2S. The van der Waals surface area contributed by atoms with Crippen molar-refractivity contribution in [1.29, 1.82) is 0 Å². The van der Waals surface area contributed by atoms with Gasteiger partial charge in [0.1, 0.15) is 48.7 Å². The molecule has 1 amide bonds. The van der Waals surface area contributed by atoms with Crippen molar-refractivity contribution in [3.63, 3.8) is 0 Å². The number of alkyl halides is 2. The van der Waals surface area contributed by atoms with E-state index >= 15 is 8.78 Å². The molecule has 2 aromatic rings. The number of rotatable bonds is 2. The first-order chi connectivity index (χ1) is 21.3. The molecule has 7 rings (SSSR count). The third kappa shape index (κ3) is 5.64. The molecule has 2 aromatic heterocycles. The van der Waals surface area contributed by atoms with E-state index in [4.69, 9.17) is 50.8 Å². The van der Waals surface area contributed by atoms with E-state index in [-0.39, 0.29) is 17.0 Å². The predicted octanol–water partition coefficient (Wildman–Crippen LogP) is -2.16. The van der Waals surface area contributed by atoms with Crippen LogP contribution in [0.1, 0.15) is 6.23 Å². The third-order valence-corrected chi connectivity index (χ3v) is 10.2. The summed E-state index contributed by atoms with van der Waals surface area (Å²) in [5, 5.41) is 5.34. The first-order valence-corrected chi connectivity index (χ1v) is 17.4. The van der Waals surface area contributed by atoms with Gasteiger partial charge >= 0.3 is 14.5 Å². The Kier molecular flexibility index (Phi) is 7.92. The van der Waals surface area contributed by atoms with Crippen molar-refractivity contribution < 1.29 is 55.5 Å². The maximum atomic E-state index is 15.9. The number of aromatic nitrogens is 4. The van der Waals surface area contributed by atoms with Gasteiger partial charge in [0.2, 0.25) is 0 Å². The number of anilines is 1. The van der Waals surface area contributed by atoms with E-state index in [0.29, 0.717) is 0 Å². The van der Waals surface area contributed by atoms with Crippen LogP contribution < -0.4 is 22.1 Å². The van der Waals surface area contributed by atoms with Crippen molar-refractivity contribution in [2.45, 2.75) is 67.7 Å². The lowest BCUT2D eigenvalue weighted by molar-refractivity contribution is -0.130. The molecule has 0 saturated carbocycles. The van der Waals surface area contributed by atoms with E-state index in [1.807, 2.05) is 0 Å². The highest BCUT2D eigenvalue weighted by Crippen LogP contribution is 2.53. The molecule has 13 atom stereocenters. The first-order valence-electron chi connectivity index (χ1n) is 13.3. The Morgan fingerprint density at radius 3 is 2.60 bits per heavy atom. The standard InChI is InChI=1S/C20H26F2N10O10P2S/c21-8-6-1-37-43(34,35)41-12-7(40-18(9(12)22)31-4-27-10-14(23)25-3-26-15(10)31)2-38-44(36,45)42-13(8)19(39-6)32-5-28-11-16(32)29-20(24)30-17(11)33/h3-9,11-13,16,18-20,29H,1-2,24H2,(H,30,33)(H,34,35)(H,36,45)(H2,23,25,26)/t6-,7-,8-,9-,11?,12-,13-,16?,18-,19-,20?,44?/m1/s1. The Hall–Kier alpha value is -2.37. The van der Waals surface area contributed by atoms with Crippen LogP contribution >= 0.6 is 14.5 Å². The lowest BCUT2D eigenvalue weighted by Gasteiger charge is -2.39. The van der Waals surface area contributed by atoms with Gasteiger partial charge in [0.25, 0.3) is 5.91 Å². The number of carbonyl (C=O) groups is 1. The number of hydrogen-bond acceptors (Lipinski definition) is 17. The molecule has 4 fully saturated rings. The van der Waals surface area contributed by atoms with Gasteiger partial charge in [0.15, 0.2) is 42.3 Å². The molecule has 0 spiro atoms. The van der Waals surface area contributed by atoms with Crippen LogP contribution in [0.3, 0.4) is 0 Å². The van der Waals surface area contributed by atoms with Crippen molar-refractivity contribution in [2.75, 3.05) is 18.9 Å². The second-order valence-electron chi connectivity index (χ2n) is 10.5. The zero-order valence-corrected chi connectivity index (χ0v) is 25.2. The number of phosphoric ester groups is 1. The van der Waals surface area contributed by atoms with Gasteiger partial charge in [-0.15, -0.1) is 0 Å². The van der Waals surface area contributed by atoms with E-state index < -0.39 is 101 Å². The lowest BCUT2D eigenvalue weighted by Crippen LogP contribution is -2.70. The fourth-order valence-corrected chi connectivity index (χ4v) is 8.02. The van der Waals surface area contributed by atoms with Gasteiger partial charge in [0.05, 0.1) is 25.9 Å². The van der Waals surface area contributed by atoms with Crippen LogP contribution in [0.4, 0.5) is 14.6 Å². The molecule has 4 saturated heterocycles. The number of nitrogens with one attached hydrogen (secondary N) is 2. The first kappa shape index (κ1) is 31.2. The molecule has 0 aromatic carbocycles. The highest BCUT2D eigenvalue weighted by Gasteiger charge is 2.57. The summed E-state index contributed by atoms with van der Waals surface area (Å²) in [4.78, 5) is 51.3. The van der Waals surface area contributed by atoms with Gasteiger partial charge in [-0.25, -0.2) is 28.3 Å². The Morgan fingerprint density at radius 1 is 1.04 bits per heavy atom. The summed E-state index contributed by atoms with van der Waals surface area (Å²) < 4.78 is 78.7. The smallest absolute Gasteiger partial charge is 0.382 e. The molecule has 246 valence electrons. The summed E-state index contributed by atoms with van der Waals surface area (Å²) in [6, 6.07) is -0.985. The number of amides is 1. The van der Waals surface area contributed by atoms with Gasteiger partial charge in [0, 0.05) is 0 Å². The van der Waals surface area contributed by atoms with Crippen LogP contribution in [0, 0.1) is 0 Å². The van der Waals surface area contributed by atoms with Gasteiger partial charge in [-0.05, 0) is 11.8 Å². The molecule has 5 aliphatic heterocycles. The zero-order chi connectivity index (χ0) is 31.8. The lowest BCUT2D eigenvalue weighted by atomic mass is 10.1. The molecule has 8 N–H and O–H groups in total. The normalized spacial score (nSPS) is 45.4. The zero-order valence-electron chi connectivity index (χ0n) is 22.6. The fourth-order valence-electron chi connectivity index (χ4n) is 5.66. The van der Waals surface area contributed by atoms with E-state index in [9.17, 15) is 19.1 Å². The van der Waals surface area contributed by atoms with Gasteiger partial charge < -0.3 is 39.7 Å². The summed E-state index contributed by atoms with van der Waals surface area (Å²) >= 11 is 5.15. The van der Waals surface area contributed by atoms with E-state index in [0.717, 1.165) is 6.33 Å². The molecule has 20 nitrogen and oxygen atoms in total. The number of nitrogen functional groups attached to an aromatic ring is 1. The Bertz CT molecular complexity index is 1630. The number of carbonyl (C=O) groups excluding carboxylic acids is 1. The SMILES string of the molecule is Nc1ncnc2c1ncn2[C@@H]1O[C@@H]2COP(O)(=S)O[C@@H]3[C@H](F)[C@@H](COP(=O)(O)O[C@H]2[C@H]1F)O[C@H]3N1C=NC2C(=O)NC(N)NC21. The number of imidazole rings is 1. The maximum Gasteiger partial charge on any atom is 0.472 e. The van der Waals surface area contributed by atoms with Crippen LogP contribution in [0.15, 0.2) is 17.6 Å². The topological polar surface area (TPSA) is 265 Å². The molecule has 5 aliphatic rings. The number of fused-ring (bicyclic) bond motifs is 5. The summed E-state index contributed by atoms with van der Waals surface area (Å²) in [5.41, 5.74) is 11.9. The average Bonchev–Trinajstić information content (AvgIpc) is 3.72. The predicted molar refractivity (Wildman–Crippen MR) is 147 cm³/mol. The Labute approximate surface area is 256 Å². The number of hydrogen-bond donors (Lipinski definition) is 6. The Balaban J connectivity index is 1.16. The molecular weight excluding hydrogens is 672 g/mol. The average molecular weight is 698 g/mol. The Morgan fingerprint density at radius 2 is 1.80 bits per heavy atom. The number of ether oxygens (including phenoxy) is 2. The maximum absolute atomic E-state index is 15.9. The largest absolute Gasteiger partial charge is 0.472 e. The molecule has 5 unspecified atom stereocenters. The van der Waals surface area contributed by atoms with Crippen molar-refractivity contribution in [3.8, 4) is 0 Å². The fraction of sp³-hybridized carbons (Fsp3) is 0.650. The van der Waals surface area contributed by atoms with E-state index in [1.165, 1.54) is 22.1 Å². The van der Waals surface area contributed by atoms with Crippen LogP contribution in [-0.4, -0.2) is 121 Å². The van der Waals surface area contributed by atoms with E-state index in [1.54, 1.807) is 0 Å². The summed E-state index contributed by atoms with van der Waals surface area (Å²) in [6.45, 7) is -5.98. The van der Waals surface area contributed by atoms with Crippen LogP contribution in [0.5, 0.6) is 0 Å². The van der Waals surface area contributed by atoms with E-state index in [2.05, 4.69) is 30.6 Å². The quantitative estimate of drug-likeness (QED) is 0.182. The third-order valence-electron chi connectivity index (χ3n) is 7.70. The molecule has 2 bridgehead atoms. The van der Waals surface area contributed by atoms with Gasteiger partial charge in [-0.2, -0.15) is 0 Å². The van der Waals surface area contributed by atoms with Gasteiger partial charge in [-0.3, -0.25) is 39.0 Å². The van der Waals surface area contributed by atoms with Crippen molar-refractivity contribution in [1.82, 2.24) is 35.1 Å². The second-order valence-corrected chi connectivity index (χ2v) is 14.7. The molecule has 45 heavy (non-hydrogen) atoms. The van der Waals surface area contributed by atoms with Crippen LogP contribution in [-0.2, 0) is 48.7 Å². The number of phosphoric acid groups is 1. The summed E-state index contributed by atoms with van der Waals surface area (Å²) in [7, 11) is -5.13. The minimum Gasteiger partial charge on any atom is -0.382 e. The highest BCUT2D eigenvalue weighted by atomic mass is 32.5. The number of nitrogens with two attached hydrogens (primary N) is 2. The van der Waals surface area contributed by atoms with Crippen molar-refractivity contribution >= 4 is 55.6 Å². The van der Waals surface area contributed by atoms with Crippen LogP contribution in [0.25, 0.3) is 11.2 Å². The van der Waals surface area contributed by atoms with Crippen molar-refractivity contribution in [2.24, 2.45) is 10.7 Å². The number of aliphatic imine (C=N–C) groups is 1.